The van der Waals surface area contributed by atoms with Crippen LogP contribution in [0.3, 0.4) is 0 Å². The molecule has 6 heteroatoms. The number of nitrogens with zero attached hydrogens (tertiary/aromatic N) is 2. The maximum absolute atomic E-state index is 13.9. The molecule has 0 aromatic heterocycles. The molecule has 0 unspecified atom stereocenters. The van der Waals surface area contributed by atoms with Crippen LogP contribution in [0.1, 0.15) is 24.8 Å². The van der Waals surface area contributed by atoms with E-state index in [0.29, 0.717) is 30.8 Å². The fraction of sp³-hybridized carbons (Fsp3) is 0.381. The first-order chi connectivity index (χ1) is 13.1. The van der Waals surface area contributed by atoms with E-state index in [4.69, 9.17) is 0 Å². The summed E-state index contributed by atoms with van der Waals surface area (Å²) >= 11 is 0. The third-order valence-corrected chi connectivity index (χ3v) is 4.76. The van der Waals surface area contributed by atoms with Crippen LogP contribution in [0, 0.1) is 11.6 Å². The van der Waals surface area contributed by atoms with E-state index in [-0.39, 0.29) is 30.3 Å². The molecule has 27 heavy (non-hydrogen) atoms. The van der Waals surface area contributed by atoms with Gasteiger partial charge in [-0.05, 0) is 37.5 Å². The van der Waals surface area contributed by atoms with Crippen molar-refractivity contribution in [2.45, 2.75) is 31.8 Å². The number of rotatable bonds is 8. The lowest BCUT2D eigenvalue weighted by atomic mass is 10.2. The predicted molar refractivity (Wildman–Crippen MR) is 103 cm³/mol. The molecule has 0 bridgehead atoms. The van der Waals surface area contributed by atoms with Crippen molar-refractivity contribution in [2.24, 2.45) is 0 Å². The van der Waals surface area contributed by atoms with Gasteiger partial charge in [-0.2, -0.15) is 0 Å². The second-order valence-corrected chi connectivity index (χ2v) is 6.91. The molecular formula is C21H25F2N3O. The molecule has 2 aromatic rings. The highest BCUT2D eigenvalue weighted by Crippen LogP contribution is 2.28. The number of anilines is 1. The fourth-order valence-corrected chi connectivity index (χ4v) is 3.06. The van der Waals surface area contributed by atoms with Gasteiger partial charge in [-0.1, -0.05) is 30.3 Å². The summed E-state index contributed by atoms with van der Waals surface area (Å²) in [7, 11) is 1.83. The van der Waals surface area contributed by atoms with Gasteiger partial charge in [0, 0.05) is 31.7 Å². The van der Waals surface area contributed by atoms with E-state index < -0.39 is 0 Å². The van der Waals surface area contributed by atoms with E-state index in [1.165, 1.54) is 12.1 Å². The number of para-hydroxylation sites is 1. The van der Waals surface area contributed by atoms with Gasteiger partial charge < -0.3 is 15.1 Å². The highest BCUT2D eigenvalue weighted by atomic mass is 19.1. The smallest absolute Gasteiger partial charge is 0.317 e. The molecule has 0 heterocycles. The molecule has 0 atom stereocenters. The molecule has 3 rings (SSSR count). The average Bonchev–Trinajstić information content (AvgIpc) is 3.49. The monoisotopic (exact) mass is 373 g/mol. The summed E-state index contributed by atoms with van der Waals surface area (Å²) < 4.78 is 27.7. The Balaban J connectivity index is 1.47. The Morgan fingerprint density at radius 2 is 1.74 bits per heavy atom. The zero-order valence-electron chi connectivity index (χ0n) is 15.5. The molecular weight excluding hydrogens is 348 g/mol. The molecule has 0 spiro atoms. The standard InChI is InChI=1S/C21H25F2N3O/c1-25(20-10-5-4-9-19(20)23)14-6-13-24-21(27)26(17-11-12-17)15-16-7-2-3-8-18(16)22/h2-5,7-10,17H,6,11-15H2,1H3,(H,24,27). The molecule has 144 valence electrons. The van der Waals surface area contributed by atoms with Crippen LogP contribution in [-0.2, 0) is 6.54 Å². The lowest BCUT2D eigenvalue weighted by Gasteiger charge is -2.24. The quantitative estimate of drug-likeness (QED) is 0.705. The van der Waals surface area contributed by atoms with Crippen molar-refractivity contribution in [1.29, 1.82) is 0 Å². The van der Waals surface area contributed by atoms with Gasteiger partial charge in [-0.3, -0.25) is 0 Å². The largest absolute Gasteiger partial charge is 0.372 e. The Morgan fingerprint density at radius 1 is 1.07 bits per heavy atom. The van der Waals surface area contributed by atoms with Crippen molar-refractivity contribution in [1.82, 2.24) is 10.2 Å². The number of carbonyl (C=O) groups excluding carboxylic acids is 1. The van der Waals surface area contributed by atoms with Crippen LogP contribution < -0.4 is 10.2 Å². The van der Waals surface area contributed by atoms with E-state index in [1.54, 1.807) is 41.3 Å². The molecule has 4 nitrogen and oxygen atoms in total. The first kappa shape index (κ1) is 19.1. The number of hydrogen-bond acceptors (Lipinski definition) is 2. The Kier molecular flexibility index (Phi) is 6.27. The number of urea groups is 1. The Labute approximate surface area is 158 Å². The molecule has 1 aliphatic rings. The average molecular weight is 373 g/mol. The molecule has 1 fully saturated rings. The van der Waals surface area contributed by atoms with Crippen LogP contribution >= 0.6 is 0 Å². The lowest BCUT2D eigenvalue weighted by molar-refractivity contribution is 0.191. The van der Waals surface area contributed by atoms with E-state index in [2.05, 4.69) is 5.32 Å². The van der Waals surface area contributed by atoms with Crippen LogP contribution in [0.25, 0.3) is 0 Å². The fourth-order valence-electron chi connectivity index (χ4n) is 3.06. The molecule has 0 aliphatic heterocycles. The molecule has 1 N–H and O–H groups in total. The van der Waals surface area contributed by atoms with Crippen molar-refractivity contribution in [3.8, 4) is 0 Å². The molecule has 1 aliphatic carbocycles. The van der Waals surface area contributed by atoms with Crippen LogP contribution in [0.5, 0.6) is 0 Å². The zero-order valence-corrected chi connectivity index (χ0v) is 15.5. The minimum absolute atomic E-state index is 0.172. The van der Waals surface area contributed by atoms with E-state index >= 15 is 0 Å². The maximum atomic E-state index is 13.9. The molecule has 0 saturated heterocycles. The van der Waals surface area contributed by atoms with Crippen LogP contribution in [-0.4, -0.2) is 37.1 Å². The van der Waals surface area contributed by atoms with Gasteiger partial charge >= 0.3 is 6.03 Å². The summed E-state index contributed by atoms with van der Waals surface area (Å²) in [6.45, 7) is 1.38. The number of benzene rings is 2. The van der Waals surface area contributed by atoms with Gasteiger partial charge in [0.2, 0.25) is 0 Å². The normalized spacial score (nSPS) is 13.3. The highest BCUT2D eigenvalue weighted by molar-refractivity contribution is 5.75. The Hall–Kier alpha value is -2.63. The van der Waals surface area contributed by atoms with Crippen molar-refractivity contribution in [2.75, 3.05) is 25.0 Å². The zero-order chi connectivity index (χ0) is 19.2. The first-order valence-electron chi connectivity index (χ1n) is 9.30. The van der Waals surface area contributed by atoms with Crippen molar-refractivity contribution in [3.63, 3.8) is 0 Å². The van der Waals surface area contributed by atoms with E-state index in [0.717, 1.165) is 12.8 Å². The van der Waals surface area contributed by atoms with Gasteiger partial charge in [-0.25, -0.2) is 13.6 Å². The van der Waals surface area contributed by atoms with Gasteiger partial charge in [0.15, 0.2) is 0 Å². The van der Waals surface area contributed by atoms with Crippen molar-refractivity contribution >= 4 is 11.7 Å². The predicted octanol–water partition coefficient (Wildman–Crippen LogP) is 4.17. The van der Waals surface area contributed by atoms with Gasteiger partial charge in [0.1, 0.15) is 11.6 Å². The summed E-state index contributed by atoms with van der Waals surface area (Å²) in [5, 5.41) is 2.91. The van der Waals surface area contributed by atoms with Crippen LogP contribution in [0.2, 0.25) is 0 Å². The van der Waals surface area contributed by atoms with E-state index in [1.807, 2.05) is 11.9 Å². The van der Waals surface area contributed by atoms with Crippen molar-refractivity contribution < 1.29 is 13.6 Å². The van der Waals surface area contributed by atoms with Crippen LogP contribution in [0.15, 0.2) is 48.5 Å². The molecule has 2 amide bonds. The second kappa shape index (κ2) is 8.84. The number of nitrogens with one attached hydrogen (secondary N) is 1. The van der Waals surface area contributed by atoms with Crippen molar-refractivity contribution in [3.05, 3.63) is 65.7 Å². The first-order valence-corrected chi connectivity index (χ1v) is 9.30. The Bertz CT molecular complexity index is 780. The van der Waals surface area contributed by atoms with E-state index in [9.17, 15) is 13.6 Å². The third kappa shape index (κ3) is 5.18. The van der Waals surface area contributed by atoms with Gasteiger partial charge in [0.05, 0.1) is 12.2 Å². The van der Waals surface area contributed by atoms with Gasteiger partial charge in [0.25, 0.3) is 0 Å². The SMILES string of the molecule is CN(CCCNC(=O)N(Cc1ccccc1F)C1CC1)c1ccccc1F. The summed E-state index contributed by atoms with van der Waals surface area (Å²) in [6, 6.07) is 13.2. The molecule has 1 saturated carbocycles. The highest BCUT2D eigenvalue weighted by Gasteiger charge is 2.32. The summed E-state index contributed by atoms with van der Waals surface area (Å²) in [5.74, 6) is -0.545. The summed E-state index contributed by atoms with van der Waals surface area (Å²) in [5.41, 5.74) is 1.07. The lowest BCUT2D eigenvalue weighted by Crippen LogP contribution is -2.42. The summed E-state index contributed by atoms with van der Waals surface area (Å²) in [4.78, 5) is 16.1. The summed E-state index contributed by atoms with van der Waals surface area (Å²) in [6.07, 6.45) is 2.60. The minimum atomic E-state index is -0.289. The Morgan fingerprint density at radius 3 is 2.41 bits per heavy atom. The number of hydrogen-bond donors (Lipinski definition) is 1. The topological polar surface area (TPSA) is 35.6 Å². The molecule has 2 aromatic carbocycles. The third-order valence-electron chi connectivity index (χ3n) is 4.76. The van der Waals surface area contributed by atoms with Gasteiger partial charge in [-0.15, -0.1) is 0 Å². The minimum Gasteiger partial charge on any atom is -0.372 e. The van der Waals surface area contributed by atoms with Crippen LogP contribution in [0.4, 0.5) is 19.3 Å². The second-order valence-electron chi connectivity index (χ2n) is 6.91. The number of amides is 2. The maximum Gasteiger partial charge on any atom is 0.317 e. The number of halogens is 2. The number of carbonyl (C=O) groups is 1. The molecule has 0 radical (unpaired) electrons.